The summed E-state index contributed by atoms with van der Waals surface area (Å²) in [7, 11) is 0. The summed E-state index contributed by atoms with van der Waals surface area (Å²) >= 11 is 0. The van der Waals surface area contributed by atoms with E-state index >= 15 is 0 Å². The van der Waals surface area contributed by atoms with Gasteiger partial charge in [0.1, 0.15) is 5.75 Å². The van der Waals surface area contributed by atoms with Crippen molar-refractivity contribution in [1.29, 1.82) is 0 Å². The summed E-state index contributed by atoms with van der Waals surface area (Å²) in [5.41, 5.74) is 2.29. The van der Waals surface area contributed by atoms with Crippen LogP contribution in [0.1, 0.15) is 38.7 Å². The maximum Gasteiger partial charge on any atom is 0.319 e. The first-order chi connectivity index (χ1) is 13.0. The number of benzene rings is 2. The quantitative estimate of drug-likeness (QED) is 0.647. The zero-order chi connectivity index (χ0) is 19.6. The summed E-state index contributed by atoms with van der Waals surface area (Å²) in [6, 6.07) is 14.5. The summed E-state index contributed by atoms with van der Waals surface area (Å²) in [5.74, 6) is 0.832. The van der Waals surface area contributed by atoms with E-state index in [1.54, 1.807) is 24.3 Å². The Labute approximate surface area is 160 Å². The topological polar surface area (TPSA) is 79.5 Å². The summed E-state index contributed by atoms with van der Waals surface area (Å²) in [6.07, 6.45) is 0.998. The molecule has 0 bridgehead atoms. The number of hydrogen-bond donors (Lipinski definition) is 3. The second kappa shape index (κ2) is 10.2. The molecule has 0 radical (unpaired) electrons. The van der Waals surface area contributed by atoms with Gasteiger partial charge >= 0.3 is 6.03 Å². The Bertz CT molecular complexity index is 777. The molecule has 0 saturated heterocycles. The van der Waals surface area contributed by atoms with Crippen LogP contribution in [0.2, 0.25) is 0 Å². The number of ether oxygens (including phenoxy) is 1. The highest BCUT2D eigenvalue weighted by atomic mass is 16.5. The van der Waals surface area contributed by atoms with E-state index in [1.807, 2.05) is 31.2 Å². The predicted octanol–water partition coefficient (Wildman–Crippen LogP) is 4.36. The van der Waals surface area contributed by atoms with Crippen molar-refractivity contribution in [3.8, 4) is 5.75 Å². The summed E-state index contributed by atoms with van der Waals surface area (Å²) < 4.78 is 5.73. The van der Waals surface area contributed by atoms with Crippen molar-refractivity contribution in [1.82, 2.24) is 5.32 Å². The van der Waals surface area contributed by atoms with Crippen LogP contribution in [0.25, 0.3) is 0 Å². The molecular weight excluding hydrogens is 342 g/mol. The molecule has 3 N–H and O–H groups in total. The molecule has 0 heterocycles. The van der Waals surface area contributed by atoms with Gasteiger partial charge in [-0.15, -0.1) is 0 Å². The van der Waals surface area contributed by atoms with Crippen LogP contribution in [-0.2, 0) is 4.79 Å². The van der Waals surface area contributed by atoms with Gasteiger partial charge in [0.05, 0.1) is 0 Å². The van der Waals surface area contributed by atoms with Crippen LogP contribution in [0.3, 0.4) is 0 Å². The monoisotopic (exact) mass is 369 g/mol. The van der Waals surface area contributed by atoms with Crippen molar-refractivity contribution in [2.75, 3.05) is 23.8 Å². The molecule has 1 atom stereocenters. The van der Waals surface area contributed by atoms with Crippen LogP contribution in [0.4, 0.5) is 16.2 Å². The van der Waals surface area contributed by atoms with Crippen molar-refractivity contribution in [2.24, 2.45) is 0 Å². The first-order valence-corrected chi connectivity index (χ1v) is 9.20. The van der Waals surface area contributed by atoms with Gasteiger partial charge < -0.3 is 20.7 Å². The van der Waals surface area contributed by atoms with E-state index in [9.17, 15) is 9.59 Å². The highest BCUT2D eigenvalue weighted by Gasteiger charge is 2.11. The number of carbonyl (C=O) groups is 2. The number of hydrogen-bond acceptors (Lipinski definition) is 3. The van der Waals surface area contributed by atoms with E-state index in [-0.39, 0.29) is 18.5 Å². The number of rotatable bonds is 8. The van der Waals surface area contributed by atoms with E-state index in [4.69, 9.17) is 4.74 Å². The van der Waals surface area contributed by atoms with Crippen molar-refractivity contribution < 1.29 is 14.3 Å². The number of amides is 3. The van der Waals surface area contributed by atoms with Gasteiger partial charge in [0, 0.05) is 17.9 Å². The predicted molar refractivity (Wildman–Crippen MR) is 108 cm³/mol. The first kappa shape index (κ1) is 20.3. The molecule has 0 spiro atoms. The molecule has 2 aromatic carbocycles. The Kier molecular flexibility index (Phi) is 7.67. The lowest BCUT2D eigenvalue weighted by Gasteiger charge is -2.15. The number of anilines is 2. The third-order valence-electron chi connectivity index (χ3n) is 4.16. The Morgan fingerprint density at radius 1 is 1.00 bits per heavy atom. The van der Waals surface area contributed by atoms with E-state index in [1.165, 1.54) is 0 Å². The summed E-state index contributed by atoms with van der Waals surface area (Å²) in [5, 5.41) is 8.15. The second-order valence-electron chi connectivity index (χ2n) is 6.25. The number of nitrogens with one attached hydrogen (secondary N) is 3. The lowest BCUT2D eigenvalue weighted by atomic mass is 9.98. The van der Waals surface area contributed by atoms with Crippen LogP contribution >= 0.6 is 0 Å². The van der Waals surface area contributed by atoms with E-state index in [0.29, 0.717) is 23.8 Å². The lowest BCUT2D eigenvalue weighted by molar-refractivity contribution is -0.118. The molecule has 2 aromatic rings. The molecule has 3 amide bonds. The van der Waals surface area contributed by atoms with Crippen molar-refractivity contribution >= 4 is 23.3 Å². The molecule has 144 valence electrons. The fourth-order valence-corrected chi connectivity index (χ4v) is 2.59. The van der Waals surface area contributed by atoms with Gasteiger partial charge in [-0.1, -0.05) is 38.1 Å². The van der Waals surface area contributed by atoms with Crippen LogP contribution in [-0.4, -0.2) is 25.1 Å². The molecule has 0 aliphatic rings. The Morgan fingerprint density at radius 3 is 2.41 bits per heavy atom. The van der Waals surface area contributed by atoms with Crippen molar-refractivity contribution in [3.05, 3.63) is 54.1 Å². The molecule has 0 aliphatic carbocycles. The molecule has 0 aromatic heterocycles. The van der Waals surface area contributed by atoms with Crippen molar-refractivity contribution in [3.63, 3.8) is 0 Å². The van der Waals surface area contributed by atoms with E-state index < -0.39 is 0 Å². The minimum absolute atomic E-state index is 0.0819. The highest BCUT2D eigenvalue weighted by molar-refractivity contribution is 5.94. The smallest absolute Gasteiger partial charge is 0.319 e. The molecule has 6 heteroatoms. The van der Waals surface area contributed by atoms with Crippen molar-refractivity contribution in [2.45, 2.75) is 33.1 Å². The minimum atomic E-state index is -0.286. The zero-order valence-corrected chi connectivity index (χ0v) is 16.0. The molecular formula is C21H27N3O3. The molecule has 0 fully saturated rings. The minimum Gasteiger partial charge on any atom is -0.483 e. The summed E-state index contributed by atoms with van der Waals surface area (Å²) in [4.78, 5) is 23.8. The van der Waals surface area contributed by atoms with Crippen LogP contribution in [0.5, 0.6) is 5.75 Å². The molecule has 1 unspecified atom stereocenters. The fourth-order valence-electron chi connectivity index (χ4n) is 2.59. The molecule has 2 rings (SSSR count). The number of para-hydroxylation sites is 1. The Hall–Kier alpha value is -3.02. The van der Waals surface area contributed by atoms with Gasteiger partial charge in [-0.2, -0.15) is 0 Å². The third kappa shape index (κ3) is 6.33. The SMILES string of the molecule is CCNC(=O)Nc1cccc(NC(=O)COc2ccccc2C(C)CC)c1. The average Bonchev–Trinajstić information content (AvgIpc) is 2.66. The Morgan fingerprint density at radius 2 is 1.70 bits per heavy atom. The van der Waals surface area contributed by atoms with Gasteiger partial charge in [0.2, 0.25) is 0 Å². The Balaban J connectivity index is 1.94. The zero-order valence-electron chi connectivity index (χ0n) is 16.0. The maximum absolute atomic E-state index is 12.2. The second-order valence-corrected chi connectivity index (χ2v) is 6.25. The maximum atomic E-state index is 12.2. The molecule has 27 heavy (non-hydrogen) atoms. The normalized spacial score (nSPS) is 11.4. The summed E-state index contributed by atoms with van der Waals surface area (Å²) in [6.45, 7) is 6.56. The van der Waals surface area contributed by atoms with Gasteiger partial charge in [-0.25, -0.2) is 4.79 Å². The van der Waals surface area contributed by atoms with Crippen LogP contribution in [0.15, 0.2) is 48.5 Å². The van der Waals surface area contributed by atoms with Crippen LogP contribution < -0.4 is 20.7 Å². The van der Waals surface area contributed by atoms with Gasteiger partial charge in [-0.3, -0.25) is 4.79 Å². The first-order valence-electron chi connectivity index (χ1n) is 9.20. The van der Waals surface area contributed by atoms with Gasteiger partial charge in [0.15, 0.2) is 6.61 Å². The standard InChI is InChI=1S/C21H27N3O3/c1-4-15(3)18-11-6-7-12-19(18)27-14-20(25)23-16-9-8-10-17(13-16)24-21(26)22-5-2/h6-13,15H,4-5,14H2,1-3H3,(H,23,25)(H2,22,24,26). The van der Waals surface area contributed by atoms with E-state index in [0.717, 1.165) is 17.7 Å². The van der Waals surface area contributed by atoms with Gasteiger partial charge in [0.25, 0.3) is 5.91 Å². The van der Waals surface area contributed by atoms with Gasteiger partial charge in [-0.05, 0) is 49.1 Å². The molecule has 6 nitrogen and oxygen atoms in total. The molecule has 0 saturated carbocycles. The third-order valence-corrected chi connectivity index (χ3v) is 4.16. The molecule has 0 aliphatic heterocycles. The average molecular weight is 369 g/mol. The highest BCUT2D eigenvalue weighted by Crippen LogP contribution is 2.28. The number of carbonyl (C=O) groups excluding carboxylic acids is 2. The largest absolute Gasteiger partial charge is 0.483 e. The fraction of sp³-hybridized carbons (Fsp3) is 0.333. The van der Waals surface area contributed by atoms with E-state index in [2.05, 4.69) is 29.8 Å². The lowest BCUT2D eigenvalue weighted by Crippen LogP contribution is -2.28. The number of urea groups is 1. The van der Waals surface area contributed by atoms with Crippen LogP contribution in [0, 0.1) is 0 Å².